The van der Waals surface area contributed by atoms with E-state index in [9.17, 15) is 14.4 Å². The Balaban J connectivity index is 1.39. The molecule has 0 N–H and O–H groups in total. The Morgan fingerprint density at radius 2 is 0.696 bits per heavy atom. The summed E-state index contributed by atoms with van der Waals surface area (Å²) in [5.41, 5.74) is 0.879. The summed E-state index contributed by atoms with van der Waals surface area (Å²) in [5.74, 6) is 0. The van der Waals surface area contributed by atoms with Crippen molar-refractivity contribution in [3.8, 4) is 0 Å². The topological polar surface area (TPSA) is 149 Å². The number of unbranched alkanes of at least 4 members (excludes halogenated alkanes) is 3. The predicted molar refractivity (Wildman–Crippen MR) is 281 cm³/mol. The first-order valence-electron chi connectivity index (χ1n) is 24.6. The van der Waals surface area contributed by atoms with E-state index in [4.69, 9.17) is 42.0 Å². The Kier molecular flexibility index (Phi) is 29.9. The molecule has 0 radical (unpaired) electrons. The zero-order chi connectivity index (χ0) is 49.5. The molecule has 384 valence electrons. The molecule has 0 aliphatic heterocycles. The molecule has 0 fully saturated rings. The zero-order valence-corrected chi connectivity index (χ0v) is 44.8. The number of hydrogen-bond donors (Lipinski definition) is 0. The highest BCUT2D eigenvalue weighted by molar-refractivity contribution is 7.42. The summed E-state index contributed by atoms with van der Waals surface area (Å²) >= 11 is 0. The van der Waals surface area contributed by atoms with E-state index < -0.39 is 17.1 Å². The Labute approximate surface area is 414 Å². The fourth-order valence-corrected chi connectivity index (χ4v) is 9.07. The second kappa shape index (κ2) is 35.2. The van der Waals surface area contributed by atoms with Crippen LogP contribution in [0.1, 0.15) is 115 Å². The molecule has 4 aromatic rings. The Hall–Kier alpha value is -3.00. The van der Waals surface area contributed by atoms with Crippen LogP contribution in [0.15, 0.2) is 87.2 Å². The molecule has 0 aliphatic carbocycles. The van der Waals surface area contributed by atoms with E-state index in [1.807, 2.05) is 93.6 Å². The molecule has 1 aromatic heterocycles. The Bertz CT molecular complexity index is 1930. The summed E-state index contributed by atoms with van der Waals surface area (Å²) in [6, 6.07) is 23.9. The Morgan fingerprint density at radius 3 is 0.971 bits per heavy atom. The van der Waals surface area contributed by atoms with Crippen molar-refractivity contribution in [3.05, 3.63) is 121 Å². The van der Waals surface area contributed by atoms with Crippen molar-refractivity contribution in [2.24, 2.45) is 0 Å². The number of aromatic nitrogens is 3. The average molecular weight is 1020 g/mol. The van der Waals surface area contributed by atoms with Crippen LogP contribution in [0.25, 0.3) is 0 Å². The van der Waals surface area contributed by atoms with E-state index >= 15 is 0 Å². The van der Waals surface area contributed by atoms with Crippen LogP contribution in [0, 0.1) is 0 Å². The SMILES string of the molecule is CCCCOCCOC(C)c1cccc(POCCn2c(=O)n(CCOPc3cccc(C(C)OCCOCCCC)c3)c(=O)n(CCOPc3cccc(C(C)OCCOCCCC)c3)c2=O)c1. The molecule has 4 rings (SSSR count). The largest absolute Gasteiger partial charge is 0.379 e. The van der Waals surface area contributed by atoms with E-state index in [0.29, 0.717) is 39.6 Å². The normalized spacial score (nSPS) is 13.5. The van der Waals surface area contributed by atoms with Crippen molar-refractivity contribution in [1.82, 2.24) is 13.7 Å². The van der Waals surface area contributed by atoms with Crippen LogP contribution in [0.3, 0.4) is 0 Å². The highest BCUT2D eigenvalue weighted by Gasteiger charge is 2.17. The average Bonchev–Trinajstić information content (AvgIpc) is 3.36. The summed E-state index contributed by atoms with van der Waals surface area (Å²) < 4.78 is 56.2. The van der Waals surface area contributed by atoms with Crippen molar-refractivity contribution in [3.63, 3.8) is 0 Å². The first-order chi connectivity index (χ1) is 33.7. The van der Waals surface area contributed by atoms with Gasteiger partial charge in [-0.2, -0.15) is 0 Å². The number of nitrogens with zero attached hydrogens (tertiary/aromatic N) is 3. The van der Waals surface area contributed by atoms with Crippen LogP contribution in [0.5, 0.6) is 0 Å². The lowest BCUT2D eigenvalue weighted by atomic mass is 10.1. The van der Waals surface area contributed by atoms with E-state index in [0.717, 1.165) is 105 Å². The fraction of sp³-hybridized carbons (Fsp3) is 0.588. The zero-order valence-electron chi connectivity index (χ0n) is 41.8. The van der Waals surface area contributed by atoms with Crippen molar-refractivity contribution < 1.29 is 42.0 Å². The molecule has 1 heterocycles. The molecular formula is C51H78N3O12P3. The molecular weight excluding hydrogens is 939 g/mol. The van der Waals surface area contributed by atoms with Crippen LogP contribution in [0.4, 0.5) is 0 Å². The molecule has 18 heteroatoms. The van der Waals surface area contributed by atoms with Gasteiger partial charge in [0.15, 0.2) is 0 Å². The summed E-state index contributed by atoms with van der Waals surface area (Å²) in [5, 5.41) is 2.85. The molecule has 6 atom stereocenters. The van der Waals surface area contributed by atoms with Gasteiger partial charge in [0.2, 0.25) is 0 Å². The van der Waals surface area contributed by atoms with Crippen molar-refractivity contribution >= 4 is 42.3 Å². The summed E-state index contributed by atoms with van der Waals surface area (Å²) in [6.45, 7) is 17.8. The maximum Gasteiger partial charge on any atom is 0.336 e. The van der Waals surface area contributed by atoms with Gasteiger partial charge in [-0.3, -0.25) is 0 Å². The smallest absolute Gasteiger partial charge is 0.336 e. The Morgan fingerprint density at radius 1 is 0.406 bits per heavy atom. The van der Waals surface area contributed by atoms with Gasteiger partial charge >= 0.3 is 17.1 Å². The predicted octanol–water partition coefficient (Wildman–Crippen LogP) is 7.66. The van der Waals surface area contributed by atoms with Crippen LogP contribution in [-0.2, 0) is 61.6 Å². The van der Waals surface area contributed by atoms with Gasteiger partial charge in [-0.15, -0.1) is 0 Å². The standard InChI is InChI=1S/C51H78N3O12P3/c1-7-10-25-58-31-34-61-40(4)43-16-13-19-46(37-43)67-64-28-22-52-49(55)53(23-29-65-68-47-20-14-17-44(38-47)41(5)62-35-32-59-26-11-8-2)51(57)54(50(52)56)24-30-66-69-48-21-15-18-45(39-48)42(6)63-36-33-60-27-12-9-3/h13-21,37-42,67-69H,7-12,22-36H2,1-6H3. The second-order valence-electron chi connectivity index (χ2n) is 16.5. The lowest BCUT2D eigenvalue weighted by Gasteiger charge is -2.16. The molecule has 0 amide bonds. The quantitative estimate of drug-likeness (QED) is 0.0319. The van der Waals surface area contributed by atoms with Crippen molar-refractivity contribution in [1.29, 1.82) is 0 Å². The number of rotatable bonds is 39. The minimum absolute atomic E-state index is 0.0398. The van der Waals surface area contributed by atoms with E-state index in [1.54, 1.807) is 0 Å². The third-order valence-electron chi connectivity index (χ3n) is 11.0. The highest BCUT2D eigenvalue weighted by atomic mass is 31.1. The first-order valence-corrected chi connectivity index (χ1v) is 27.3. The monoisotopic (exact) mass is 1020 g/mol. The maximum absolute atomic E-state index is 13.9. The summed E-state index contributed by atoms with van der Waals surface area (Å²) in [7, 11) is -0.119. The van der Waals surface area contributed by atoms with E-state index in [1.165, 1.54) is 0 Å². The molecule has 15 nitrogen and oxygen atoms in total. The first kappa shape index (κ1) is 58.6. The maximum atomic E-state index is 13.9. The number of benzene rings is 3. The highest BCUT2D eigenvalue weighted by Crippen LogP contribution is 2.22. The molecule has 6 unspecified atom stereocenters. The number of hydrogen-bond acceptors (Lipinski definition) is 12. The van der Waals surface area contributed by atoms with Gasteiger partial charge in [-0.05, 0) is 90.8 Å². The molecule has 0 bridgehead atoms. The molecule has 0 saturated carbocycles. The molecule has 3 aromatic carbocycles. The second-order valence-corrected chi connectivity index (χ2v) is 19.7. The van der Waals surface area contributed by atoms with Crippen LogP contribution >= 0.6 is 26.4 Å². The van der Waals surface area contributed by atoms with Crippen LogP contribution in [0.2, 0.25) is 0 Å². The molecule has 0 aliphatic rings. The molecule has 0 spiro atoms. The van der Waals surface area contributed by atoms with Gasteiger partial charge in [0, 0.05) is 46.2 Å². The van der Waals surface area contributed by atoms with Gasteiger partial charge in [-0.25, -0.2) is 28.1 Å². The third-order valence-corrected chi connectivity index (χ3v) is 13.7. The number of ether oxygens (including phenoxy) is 6. The van der Waals surface area contributed by atoms with Crippen LogP contribution in [-0.4, -0.2) is 93.0 Å². The van der Waals surface area contributed by atoms with E-state index in [2.05, 4.69) is 20.8 Å². The third kappa shape index (κ3) is 22.1. The van der Waals surface area contributed by atoms with Gasteiger partial charge < -0.3 is 42.0 Å². The van der Waals surface area contributed by atoms with Crippen LogP contribution < -0.4 is 33.0 Å². The van der Waals surface area contributed by atoms with Crippen molar-refractivity contribution in [2.45, 2.75) is 118 Å². The summed E-state index contributed by atoms with van der Waals surface area (Å²) in [6.07, 6.45) is 5.98. The lowest BCUT2D eigenvalue weighted by molar-refractivity contribution is 0.0109. The lowest BCUT2D eigenvalue weighted by Crippen LogP contribution is -2.55. The fourth-order valence-electron chi connectivity index (χ4n) is 6.82. The minimum atomic E-state index is -0.720. The molecule has 0 saturated heterocycles. The van der Waals surface area contributed by atoms with Crippen molar-refractivity contribution in [2.75, 3.05) is 79.3 Å². The van der Waals surface area contributed by atoms with Gasteiger partial charge in [0.1, 0.15) is 0 Å². The van der Waals surface area contributed by atoms with Gasteiger partial charge in [-0.1, -0.05) is 94.6 Å². The molecule has 69 heavy (non-hydrogen) atoms. The van der Waals surface area contributed by atoms with Gasteiger partial charge in [0.25, 0.3) is 0 Å². The van der Waals surface area contributed by atoms with E-state index in [-0.39, 0.29) is 84.2 Å². The minimum Gasteiger partial charge on any atom is -0.379 e. The van der Waals surface area contributed by atoms with Gasteiger partial charge in [0.05, 0.1) is 97.4 Å². The summed E-state index contributed by atoms with van der Waals surface area (Å²) in [4.78, 5) is 41.7.